The van der Waals surface area contributed by atoms with Crippen molar-refractivity contribution < 1.29 is 9.59 Å². The van der Waals surface area contributed by atoms with Crippen molar-refractivity contribution in [2.45, 2.75) is 56.5 Å². The SMILES string of the molecule is C[C@H]1NC(=O)[C@]2(C(=O)NC3CC3)CC[C@@H](c3ccc(Cl)cc3Cl)[C@H](c3ccc(Cl)cc3)[C@H]12. The fourth-order valence-electron chi connectivity index (χ4n) is 5.90. The maximum Gasteiger partial charge on any atom is 0.236 e. The third kappa shape index (κ3) is 3.61. The Kier molecular flexibility index (Phi) is 5.68. The van der Waals surface area contributed by atoms with Crippen LogP contribution in [0.2, 0.25) is 15.1 Å². The Balaban J connectivity index is 1.64. The first-order valence-corrected chi connectivity index (χ1v) is 12.3. The van der Waals surface area contributed by atoms with Crippen LogP contribution in [-0.2, 0) is 9.59 Å². The van der Waals surface area contributed by atoms with Crippen LogP contribution in [0.15, 0.2) is 42.5 Å². The zero-order valence-corrected chi connectivity index (χ0v) is 20.0. The molecule has 32 heavy (non-hydrogen) atoms. The van der Waals surface area contributed by atoms with Gasteiger partial charge in [-0.05, 0) is 79.8 Å². The molecule has 7 heteroatoms. The van der Waals surface area contributed by atoms with E-state index in [9.17, 15) is 9.59 Å². The van der Waals surface area contributed by atoms with Crippen molar-refractivity contribution in [1.29, 1.82) is 0 Å². The summed E-state index contributed by atoms with van der Waals surface area (Å²) in [6.45, 7) is 2.00. The molecule has 0 radical (unpaired) electrons. The molecule has 168 valence electrons. The van der Waals surface area contributed by atoms with Gasteiger partial charge in [0.15, 0.2) is 0 Å². The molecule has 2 aliphatic carbocycles. The summed E-state index contributed by atoms with van der Waals surface area (Å²) >= 11 is 19.0. The lowest BCUT2D eigenvalue weighted by Gasteiger charge is -2.46. The van der Waals surface area contributed by atoms with Crippen LogP contribution < -0.4 is 10.6 Å². The van der Waals surface area contributed by atoms with Crippen molar-refractivity contribution >= 4 is 46.6 Å². The molecule has 2 aromatic rings. The molecule has 2 saturated carbocycles. The van der Waals surface area contributed by atoms with Crippen molar-refractivity contribution in [3.05, 3.63) is 68.7 Å². The molecular weight excluding hydrogens is 467 g/mol. The molecule has 2 amide bonds. The van der Waals surface area contributed by atoms with Gasteiger partial charge in [-0.15, -0.1) is 0 Å². The smallest absolute Gasteiger partial charge is 0.236 e. The summed E-state index contributed by atoms with van der Waals surface area (Å²) in [5, 5.41) is 8.08. The van der Waals surface area contributed by atoms with Crippen LogP contribution in [0.5, 0.6) is 0 Å². The van der Waals surface area contributed by atoms with Gasteiger partial charge in [0.1, 0.15) is 5.41 Å². The summed E-state index contributed by atoms with van der Waals surface area (Å²) in [4.78, 5) is 26.9. The molecule has 3 fully saturated rings. The van der Waals surface area contributed by atoms with E-state index in [1.807, 2.05) is 43.3 Å². The number of hydrogen-bond acceptors (Lipinski definition) is 2. The first-order chi connectivity index (χ1) is 15.3. The van der Waals surface area contributed by atoms with Crippen LogP contribution in [0.25, 0.3) is 0 Å². The van der Waals surface area contributed by atoms with E-state index in [2.05, 4.69) is 10.6 Å². The van der Waals surface area contributed by atoms with Crippen molar-refractivity contribution in [1.82, 2.24) is 10.6 Å². The van der Waals surface area contributed by atoms with Gasteiger partial charge in [-0.2, -0.15) is 0 Å². The van der Waals surface area contributed by atoms with Crippen molar-refractivity contribution in [3.8, 4) is 0 Å². The first kappa shape index (κ1) is 22.1. The van der Waals surface area contributed by atoms with E-state index in [-0.39, 0.29) is 41.7 Å². The summed E-state index contributed by atoms with van der Waals surface area (Å²) in [7, 11) is 0. The average molecular weight is 492 g/mol. The summed E-state index contributed by atoms with van der Waals surface area (Å²) in [6.07, 6.45) is 3.12. The maximum atomic E-state index is 13.6. The van der Waals surface area contributed by atoms with Crippen LogP contribution in [-0.4, -0.2) is 23.9 Å². The van der Waals surface area contributed by atoms with Gasteiger partial charge in [0, 0.05) is 33.1 Å². The largest absolute Gasteiger partial charge is 0.352 e. The quantitative estimate of drug-likeness (QED) is 0.538. The lowest BCUT2D eigenvalue weighted by atomic mass is 9.54. The summed E-state index contributed by atoms with van der Waals surface area (Å²) in [5.74, 6) is -0.541. The Labute approximate surface area is 203 Å². The van der Waals surface area contributed by atoms with E-state index < -0.39 is 5.41 Å². The predicted molar refractivity (Wildman–Crippen MR) is 127 cm³/mol. The molecule has 4 nitrogen and oxygen atoms in total. The van der Waals surface area contributed by atoms with Gasteiger partial charge in [0.2, 0.25) is 11.8 Å². The third-order valence-corrected chi connectivity index (χ3v) is 8.29. The second-order valence-electron chi connectivity index (χ2n) is 9.40. The van der Waals surface area contributed by atoms with Crippen molar-refractivity contribution in [2.75, 3.05) is 0 Å². The van der Waals surface area contributed by atoms with Crippen LogP contribution in [0.1, 0.15) is 55.6 Å². The van der Waals surface area contributed by atoms with Gasteiger partial charge in [-0.25, -0.2) is 0 Å². The first-order valence-electron chi connectivity index (χ1n) is 11.1. The van der Waals surface area contributed by atoms with E-state index in [1.165, 1.54) is 0 Å². The molecule has 0 unspecified atom stereocenters. The molecular formula is C25H25Cl3N2O2. The number of amides is 2. The van der Waals surface area contributed by atoms with Crippen LogP contribution >= 0.6 is 34.8 Å². The van der Waals surface area contributed by atoms with E-state index in [4.69, 9.17) is 34.8 Å². The summed E-state index contributed by atoms with van der Waals surface area (Å²) in [5.41, 5.74) is 0.975. The summed E-state index contributed by atoms with van der Waals surface area (Å²) < 4.78 is 0. The summed E-state index contributed by atoms with van der Waals surface area (Å²) in [6, 6.07) is 13.4. The molecule has 1 heterocycles. The molecule has 2 aromatic carbocycles. The number of carbonyl (C=O) groups excluding carboxylic acids is 2. The highest BCUT2D eigenvalue weighted by Gasteiger charge is 2.64. The molecule has 0 spiro atoms. The minimum Gasteiger partial charge on any atom is -0.352 e. The molecule has 0 aromatic heterocycles. The van der Waals surface area contributed by atoms with Crippen LogP contribution in [0, 0.1) is 11.3 Å². The van der Waals surface area contributed by atoms with Gasteiger partial charge in [-0.3, -0.25) is 9.59 Å². The molecule has 1 aliphatic heterocycles. The zero-order valence-electron chi connectivity index (χ0n) is 17.7. The standard InChI is InChI=1S/C25H25Cl3N2O2/c1-13-22-21(14-2-4-15(26)5-3-14)19(18-9-6-16(27)12-20(18)28)10-11-25(22,23(31)29-13)24(32)30-17-7-8-17/h2-6,9,12-13,17,19,21-22H,7-8,10-11H2,1H3,(H,29,31)(H,30,32)/t13-,19+,21+,22+,25+/m1/s1. The molecule has 0 bridgehead atoms. The molecule has 5 atom stereocenters. The van der Waals surface area contributed by atoms with E-state index in [1.54, 1.807) is 6.07 Å². The van der Waals surface area contributed by atoms with Gasteiger partial charge in [0.05, 0.1) is 0 Å². The third-order valence-electron chi connectivity index (χ3n) is 7.48. The Hall–Kier alpha value is -1.75. The van der Waals surface area contributed by atoms with Gasteiger partial charge >= 0.3 is 0 Å². The fourth-order valence-corrected chi connectivity index (χ4v) is 6.57. The highest BCUT2D eigenvalue weighted by atomic mass is 35.5. The van der Waals surface area contributed by atoms with E-state index >= 15 is 0 Å². The van der Waals surface area contributed by atoms with Gasteiger partial charge < -0.3 is 10.6 Å². The van der Waals surface area contributed by atoms with E-state index in [0.29, 0.717) is 27.9 Å². The number of nitrogens with one attached hydrogen (secondary N) is 2. The zero-order chi connectivity index (χ0) is 22.6. The Bertz CT molecular complexity index is 1070. The monoisotopic (exact) mass is 490 g/mol. The number of hydrogen-bond donors (Lipinski definition) is 2. The van der Waals surface area contributed by atoms with Crippen molar-refractivity contribution in [2.24, 2.45) is 11.3 Å². The van der Waals surface area contributed by atoms with Crippen LogP contribution in [0.3, 0.4) is 0 Å². The van der Waals surface area contributed by atoms with Crippen LogP contribution in [0.4, 0.5) is 0 Å². The average Bonchev–Trinajstić information content (AvgIpc) is 3.52. The normalized spacial score (nSPS) is 31.7. The molecule has 2 N–H and O–H groups in total. The fraction of sp³-hybridized carbons (Fsp3) is 0.440. The number of fused-ring (bicyclic) bond motifs is 1. The molecule has 1 saturated heterocycles. The molecule has 3 aliphatic rings. The Morgan fingerprint density at radius 3 is 2.38 bits per heavy atom. The lowest BCUT2D eigenvalue weighted by molar-refractivity contribution is -0.146. The number of halogens is 3. The minimum absolute atomic E-state index is 0.0444. The number of rotatable bonds is 4. The highest BCUT2D eigenvalue weighted by Crippen LogP contribution is 2.59. The predicted octanol–water partition coefficient (Wildman–Crippen LogP) is 5.71. The molecule has 5 rings (SSSR count). The topological polar surface area (TPSA) is 58.2 Å². The highest BCUT2D eigenvalue weighted by molar-refractivity contribution is 6.35. The Morgan fingerprint density at radius 1 is 1.03 bits per heavy atom. The van der Waals surface area contributed by atoms with Crippen molar-refractivity contribution in [3.63, 3.8) is 0 Å². The number of benzene rings is 2. The second kappa shape index (κ2) is 8.23. The van der Waals surface area contributed by atoms with Gasteiger partial charge in [-0.1, -0.05) is 53.0 Å². The number of carbonyl (C=O) groups is 2. The van der Waals surface area contributed by atoms with E-state index in [0.717, 1.165) is 24.0 Å². The van der Waals surface area contributed by atoms with Gasteiger partial charge in [0.25, 0.3) is 0 Å². The minimum atomic E-state index is -1.08. The lowest BCUT2D eigenvalue weighted by Crippen LogP contribution is -2.54. The second-order valence-corrected chi connectivity index (χ2v) is 10.7. The Morgan fingerprint density at radius 2 is 1.72 bits per heavy atom. The maximum absolute atomic E-state index is 13.6.